The molecule has 2 heterocycles. The van der Waals surface area contributed by atoms with Crippen LogP contribution in [0.3, 0.4) is 0 Å². The van der Waals surface area contributed by atoms with E-state index in [1.807, 2.05) is 0 Å². The summed E-state index contributed by atoms with van der Waals surface area (Å²) in [7, 11) is 0. The van der Waals surface area contributed by atoms with Crippen LogP contribution in [0, 0.1) is 0 Å². The van der Waals surface area contributed by atoms with Gasteiger partial charge in [0.05, 0.1) is 25.0 Å². The molecule has 2 N–H and O–H groups in total. The topological polar surface area (TPSA) is 70.4 Å². The number of anilines is 1. The molecule has 2 rings (SSSR count). The highest BCUT2D eigenvalue weighted by Crippen LogP contribution is 2.15. The van der Waals surface area contributed by atoms with Crippen LogP contribution >= 0.6 is 11.6 Å². The Bertz CT molecular complexity index is 486. The van der Waals surface area contributed by atoms with Crippen LogP contribution in [0.5, 0.6) is 0 Å². The standard InChI is InChI=1S/C13H21ClN4O2/c14-12-11(10-16-18(8-9-19)13(12)20)15-4-7-17-5-2-1-3-6-17/h10,15,19H,1-9H2. The third-order valence-electron chi connectivity index (χ3n) is 3.49. The minimum absolute atomic E-state index is 0.132. The van der Waals surface area contributed by atoms with Gasteiger partial charge in [0.1, 0.15) is 5.02 Å². The third kappa shape index (κ3) is 3.94. The zero-order chi connectivity index (χ0) is 14.4. The molecule has 0 unspecified atom stereocenters. The molecule has 0 amide bonds. The first-order valence-electron chi connectivity index (χ1n) is 7.05. The molecule has 1 saturated heterocycles. The Morgan fingerprint density at radius 1 is 1.30 bits per heavy atom. The van der Waals surface area contributed by atoms with Crippen molar-refractivity contribution >= 4 is 17.3 Å². The maximum atomic E-state index is 11.9. The molecule has 112 valence electrons. The van der Waals surface area contributed by atoms with Crippen LogP contribution in [-0.2, 0) is 6.54 Å². The van der Waals surface area contributed by atoms with Crippen molar-refractivity contribution in [2.45, 2.75) is 25.8 Å². The van der Waals surface area contributed by atoms with Crippen molar-refractivity contribution in [1.29, 1.82) is 0 Å². The van der Waals surface area contributed by atoms with E-state index in [0.717, 1.165) is 30.9 Å². The molecule has 1 aliphatic rings. The van der Waals surface area contributed by atoms with E-state index in [1.165, 1.54) is 25.5 Å². The highest BCUT2D eigenvalue weighted by Gasteiger charge is 2.11. The van der Waals surface area contributed by atoms with Crippen molar-refractivity contribution in [2.75, 3.05) is 38.1 Å². The number of aromatic nitrogens is 2. The number of rotatable bonds is 6. The molecule has 0 aromatic carbocycles. The van der Waals surface area contributed by atoms with Crippen molar-refractivity contribution in [3.05, 3.63) is 21.6 Å². The SMILES string of the molecule is O=c1c(Cl)c(NCCN2CCCCC2)cnn1CCO. The molecule has 0 atom stereocenters. The summed E-state index contributed by atoms with van der Waals surface area (Å²) in [6.45, 7) is 4.00. The van der Waals surface area contributed by atoms with Gasteiger partial charge in [0, 0.05) is 13.1 Å². The maximum absolute atomic E-state index is 11.9. The number of aliphatic hydroxyl groups is 1. The van der Waals surface area contributed by atoms with E-state index in [9.17, 15) is 4.79 Å². The number of piperidine rings is 1. The van der Waals surface area contributed by atoms with Crippen LogP contribution in [0.4, 0.5) is 5.69 Å². The second kappa shape index (κ2) is 7.61. The van der Waals surface area contributed by atoms with Crippen molar-refractivity contribution < 1.29 is 5.11 Å². The molecule has 0 spiro atoms. The average Bonchev–Trinajstić information content (AvgIpc) is 2.48. The molecule has 7 heteroatoms. The number of likely N-dealkylation sites (tertiary alicyclic amines) is 1. The number of nitrogens with zero attached hydrogens (tertiary/aromatic N) is 3. The first kappa shape index (κ1) is 15.3. The number of aliphatic hydroxyl groups excluding tert-OH is 1. The van der Waals surface area contributed by atoms with Gasteiger partial charge in [0.15, 0.2) is 0 Å². The van der Waals surface area contributed by atoms with Gasteiger partial charge in [-0.3, -0.25) is 4.79 Å². The van der Waals surface area contributed by atoms with Crippen LogP contribution in [0.2, 0.25) is 5.02 Å². The van der Waals surface area contributed by atoms with Gasteiger partial charge < -0.3 is 15.3 Å². The lowest BCUT2D eigenvalue weighted by atomic mass is 10.1. The molecule has 0 bridgehead atoms. The molecule has 0 radical (unpaired) electrons. The van der Waals surface area contributed by atoms with Crippen LogP contribution in [-0.4, -0.2) is 52.6 Å². The van der Waals surface area contributed by atoms with Gasteiger partial charge in [0.2, 0.25) is 0 Å². The monoisotopic (exact) mass is 300 g/mol. The summed E-state index contributed by atoms with van der Waals surface area (Å²) in [5, 5.41) is 16.1. The van der Waals surface area contributed by atoms with Crippen molar-refractivity contribution in [2.24, 2.45) is 0 Å². The highest BCUT2D eigenvalue weighted by atomic mass is 35.5. The van der Waals surface area contributed by atoms with Gasteiger partial charge >= 0.3 is 0 Å². The first-order chi connectivity index (χ1) is 9.72. The summed E-state index contributed by atoms with van der Waals surface area (Å²) in [4.78, 5) is 14.3. The average molecular weight is 301 g/mol. The Balaban J connectivity index is 1.89. The lowest BCUT2D eigenvalue weighted by Gasteiger charge is -2.26. The number of hydrogen-bond acceptors (Lipinski definition) is 5. The number of halogens is 1. The summed E-state index contributed by atoms with van der Waals surface area (Å²) < 4.78 is 1.16. The van der Waals surface area contributed by atoms with Crippen LogP contribution in [0.15, 0.2) is 11.0 Å². The third-order valence-corrected chi connectivity index (χ3v) is 3.85. The Morgan fingerprint density at radius 2 is 2.05 bits per heavy atom. The van der Waals surface area contributed by atoms with E-state index in [2.05, 4.69) is 15.3 Å². The molecule has 1 aromatic heterocycles. The molecule has 6 nitrogen and oxygen atoms in total. The first-order valence-corrected chi connectivity index (χ1v) is 7.43. The predicted molar refractivity (Wildman–Crippen MR) is 79.4 cm³/mol. The van der Waals surface area contributed by atoms with Crippen molar-refractivity contribution in [3.63, 3.8) is 0 Å². The van der Waals surface area contributed by atoms with Crippen molar-refractivity contribution in [3.8, 4) is 0 Å². The Labute approximate surface area is 123 Å². The van der Waals surface area contributed by atoms with Crippen LogP contribution < -0.4 is 10.9 Å². The number of hydrogen-bond donors (Lipinski definition) is 2. The molecule has 0 saturated carbocycles. The Hall–Kier alpha value is -1.11. The minimum atomic E-state index is -0.372. The minimum Gasteiger partial charge on any atom is -0.394 e. The van der Waals surface area contributed by atoms with Gasteiger partial charge in [-0.25, -0.2) is 4.68 Å². The van der Waals surface area contributed by atoms with E-state index in [-0.39, 0.29) is 23.7 Å². The Kier molecular flexibility index (Phi) is 5.82. The summed E-state index contributed by atoms with van der Waals surface area (Å²) in [5.74, 6) is 0. The van der Waals surface area contributed by atoms with E-state index in [0.29, 0.717) is 5.69 Å². The molecular weight excluding hydrogens is 280 g/mol. The van der Waals surface area contributed by atoms with Crippen molar-refractivity contribution in [1.82, 2.24) is 14.7 Å². The maximum Gasteiger partial charge on any atom is 0.287 e. The molecular formula is C13H21ClN4O2. The van der Waals surface area contributed by atoms with E-state index < -0.39 is 0 Å². The summed E-state index contributed by atoms with van der Waals surface area (Å²) in [6, 6.07) is 0. The van der Waals surface area contributed by atoms with Gasteiger partial charge in [-0.2, -0.15) is 5.10 Å². The fourth-order valence-corrected chi connectivity index (χ4v) is 2.59. The van der Waals surface area contributed by atoms with E-state index in [1.54, 1.807) is 0 Å². The largest absolute Gasteiger partial charge is 0.394 e. The zero-order valence-electron chi connectivity index (χ0n) is 11.5. The summed E-state index contributed by atoms with van der Waals surface area (Å²) in [5.41, 5.74) is 0.187. The lowest BCUT2D eigenvalue weighted by Crippen LogP contribution is -2.34. The highest BCUT2D eigenvalue weighted by molar-refractivity contribution is 6.32. The fourth-order valence-electron chi connectivity index (χ4n) is 2.37. The normalized spacial score (nSPS) is 16.3. The number of nitrogens with one attached hydrogen (secondary N) is 1. The summed E-state index contributed by atoms with van der Waals surface area (Å²) in [6.07, 6.45) is 5.39. The smallest absolute Gasteiger partial charge is 0.287 e. The van der Waals surface area contributed by atoms with E-state index in [4.69, 9.17) is 16.7 Å². The molecule has 1 fully saturated rings. The fraction of sp³-hybridized carbons (Fsp3) is 0.692. The molecule has 0 aliphatic carbocycles. The van der Waals surface area contributed by atoms with Gasteiger partial charge in [-0.05, 0) is 25.9 Å². The lowest BCUT2D eigenvalue weighted by molar-refractivity contribution is 0.237. The molecule has 20 heavy (non-hydrogen) atoms. The van der Waals surface area contributed by atoms with E-state index >= 15 is 0 Å². The van der Waals surface area contributed by atoms with Crippen LogP contribution in [0.1, 0.15) is 19.3 Å². The molecule has 1 aliphatic heterocycles. The summed E-state index contributed by atoms with van der Waals surface area (Å²) >= 11 is 6.02. The van der Waals surface area contributed by atoms with Gasteiger partial charge in [-0.1, -0.05) is 18.0 Å². The van der Waals surface area contributed by atoms with Gasteiger partial charge in [-0.15, -0.1) is 0 Å². The predicted octanol–water partition coefficient (Wildman–Crippen LogP) is 0.787. The second-order valence-electron chi connectivity index (χ2n) is 4.95. The van der Waals surface area contributed by atoms with Crippen LogP contribution in [0.25, 0.3) is 0 Å². The second-order valence-corrected chi connectivity index (χ2v) is 5.33. The molecule has 1 aromatic rings. The zero-order valence-corrected chi connectivity index (χ0v) is 12.3. The Morgan fingerprint density at radius 3 is 2.75 bits per heavy atom. The van der Waals surface area contributed by atoms with Gasteiger partial charge in [0.25, 0.3) is 5.56 Å². The quantitative estimate of drug-likeness (QED) is 0.813.